The number of esters is 1. The number of rotatable bonds is 6. The number of ether oxygens (including phenoxy) is 2. The van der Waals surface area contributed by atoms with Gasteiger partial charge in [0.05, 0.1) is 9.98 Å². The summed E-state index contributed by atoms with van der Waals surface area (Å²) < 4.78 is 23.4. The van der Waals surface area contributed by atoms with Crippen molar-refractivity contribution in [3.8, 4) is 5.75 Å². The topological polar surface area (TPSA) is 77.5 Å². The highest BCUT2D eigenvalue weighted by molar-refractivity contribution is 9.11. The van der Waals surface area contributed by atoms with Crippen molar-refractivity contribution >= 4 is 44.3 Å². The molecule has 0 atom stereocenters. The van der Waals surface area contributed by atoms with Gasteiger partial charge in [0.2, 0.25) is 0 Å². The number of hydrogen-bond donors (Lipinski definition) is 1. The summed E-state index contributed by atoms with van der Waals surface area (Å²) in [5.41, 5.74) is 0. The first-order chi connectivity index (χ1) is 10.5. The zero-order chi connectivity index (χ0) is 15.9. The fourth-order valence-electron chi connectivity index (χ4n) is 1.35. The van der Waals surface area contributed by atoms with E-state index in [0.717, 1.165) is 9.85 Å². The molecular weight excluding hydrogens is 379 g/mol. The Morgan fingerprint density at radius 3 is 2.86 bits per heavy atom. The van der Waals surface area contributed by atoms with Crippen LogP contribution in [0, 0.1) is 5.82 Å². The van der Waals surface area contributed by atoms with Crippen molar-refractivity contribution in [2.45, 2.75) is 0 Å². The lowest BCUT2D eigenvalue weighted by molar-refractivity contribution is -0.149. The normalized spacial score (nSPS) is 10.1. The highest BCUT2D eigenvalue weighted by Crippen LogP contribution is 2.22. The molecule has 6 nitrogen and oxygen atoms in total. The van der Waals surface area contributed by atoms with Gasteiger partial charge in [0.15, 0.2) is 18.3 Å². The molecule has 0 fully saturated rings. The fourth-order valence-corrected chi connectivity index (χ4v) is 2.48. The van der Waals surface area contributed by atoms with Crippen LogP contribution in [0.3, 0.4) is 0 Å². The first-order valence-electron chi connectivity index (χ1n) is 5.98. The van der Waals surface area contributed by atoms with Gasteiger partial charge < -0.3 is 9.47 Å². The Balaban J connectivity index is 1.70. The average molecular weight is 389 g/mol. The molecule has 0 bridgehead atoms. The van der Waals surface area contributed by atoms with Gasteiger partial charge in [-0.15, -0.1) is 0 Å². The number of nitrogens with zero attached hydrogens (tertiary/aromatic N) is 1. The predicted molar refractivity (Wildman–Crippen MR) is 81.3 cm³/mol. The maximum Gasteiger partial charge on any atom is 0.344 e. The highest BCUT2D eigenvalue weighted by atomic mass is 79.9. The van der Waals surface area contributed by atoms with Gasteiger partial charge in [-0.2, -0.15) is 0 Å². The van der Waals surface area contributed by atoms with Crippen LogP contribution in [0.25, 0.3) is 0 Å². The molecule has 0 aliphatic heterocycles. The molecule has 116 valence electrons. The van der Waals surface area contributed by atoms with E-state index in [1.54, 1.807) is 6.20 Å². The standard InChI is InChI=1S/C13H10BrFN2O4S/c14-10-5-16-13(22-10)17-11(18)6-21-12(19)7-20-9-3-1-2-8(15)4-9/h1-5H,6-7H2,(H,16,17,18). The highest BCUT2D eigenvalue weighted by Gasteiger charge is 2.10. The summed E-state index contributed by atoms with van der Waals surface area (Å²) in [6.07, 6.45) is 1.54. The maximum atomic E-state index is 12.9. The second-order valence-corrected chi connectivity index (χ2v) is 6.33. The molecule has 0 spiro atoms. The van der Waals surface area contributed by atoms with Gasteiger partial charge in [0, 0.05) is 6.07 Å². The van der Waals surface area contributed by atoms with Crippen molar-refractivity contribution in [2.24, 2.45) is 0 Å². The molecule has 2 rings (SSSR count). The second kappa shape index (κ2) is 7.85. The van der Waals surface area contributed by atoms with Crippen LogP contribution < -0.4 is 10.1 Å². The molecule has 1 amide bonds. The van der Waals surface area contributed by atoms with E-state index in [9.17, 15) is 14.0 Å². The number of anilines is 1. The molecule has 0 saturated carbocycles. The summed E-state index contributed by atoms with van der Waals surface area (Å²) in [5.74, 6) is -1.52. The Morgan fingerprint density at radius 1 is 1.36 bits per heavy atom. The van der Waals surface area contributed by atoms with Crippen molar-refractivity contribution in [3.63, 3.8) is 0 Å². The SMILES string of the molecule is O=C(COC(=O)COc1cccc(F)c1)Nc1ncc(Br)s1. The molecule has 0 radical (unpaired) electrons. The number of aromatic nitrogens is 1. The number of nitrogens with one attached hydrogen (secondary N) is 1. The van der Waals surface area contributed by atoms with Crippen LogP contribution >= 0.6 is 27.3 Å². The van der Waals surface area contributed by atoms with Crippen molar-refractivity contribution in [1.82, 2.24) is 4.98 Å². The number of carbonyl (C=O) groups excluding carboxylic acids is 2. The summed E-state index contributed by atoms with van der Waals surface area (Å²) in [6, 6.07) is 5.35. The van der Waals surface area contributed by atoms with Gasteiger partial charge in [-0.25, -0.2) is 14.2 Å². The largest absolute Gasteiger partial charge is 0.482 e. The van der Waals surface area contributed by atoms with Crippen LogP contribution in [0.1, 0.15) is 0 Å². The zero-order valence-electron chi connectivity index (χ0n) is 11.0. The van der Waals surface area contributed by atoms with E-state index >= 15 is 0 Å². The molecule has 0 unspecified atom stereocenters. The van der Waals surface area contributed by atoms with Gasteiger partial charge in [-0.1, -0.05) is 17.4 Å². The zero-order valence-corrected chi connectivity index (χ0v) is 13.4. The van der Waals surface area contributed by atoms with Crippen LogP contribution in [0.5, 0.6) is 5.75 Å². The predicted octanol–water partition coefficient (Wildman–Crippen LogP) is 2.61. The Kier molecular flexibility index (Phi) is 5.84. The quantitative estimate of drug-likeness (QED) is 0.769. The van der Waals surface area contributed by atoms with Crippen LogP contribution in [-0.2, 0) is 14.3 Å². The fraction of sp³-hybridized carbons (Fsp3) is 0.154. The third kappa shape index (κ3) is 5.41. The van der Waals surface area contributed by atoms with Crippen LogP contribution in [0.4, 0.5) is 9.52 Å². The first kappa shape index (κ1) is 16.4. The summed E-state index contributed by atoms with van der Waals surface area (Å²) in [7, 11) is 0. The summed E-state index contributed by atoms with van der Waals surface area (Å²) >= 11 is 4.44. The summed E-state index contributed by atoms with van der Waals surface area (Å²) in [6.45, 7) is -0.873. The molecule has 1 heterocycles. The minimum atomic E-state index is -0.736. The van der Waals surface area contributed by atoms with Gasteiger partial charge >= 0.3 is 5.97 Å². The second-order valence-electron chi connectivity index (χ2n) is 3.92. The van der Waals surface area contributed by atoms with E-state index in [0.29, 0.717) is 5.13 Å². The number of amides is 1. The van der Waals surface area contributed by atoms with Gasteiger partial charge in [-0.05, 0) is 28.1 Å². The third-order valence-electron chi connectivity index (χ3n) is 2.24. The van der Waals surface area contributed by atoms with Gasteiger partial charge in [0.25, 0.3) is 5.91 Å². The van der Waals surface area contributed by atoms with Crippen LogP contribution in [0.15, 0.2) is 34.2 Å². The van der Waals surface area contributed by atoms with Gasteiger partial charge in [-0.3, -0.25) is 10.1 Å². The molecule has 9 heteroatoms. The van der Waals surface area contributed by atoms with Crippen molar-refractivity contribution in [1.29, 1.82) is 0 Å². The Hall–Kier alpha value is -2.00. The lowest BCUT2D eigenvalue weighted by Crippen LogP contribution is -2.23. The lowest BCUT2D eigenvalue weighted by atomic mass is 10.3. The minimum absolute atomic E-state index is 0.203. The number of hydrogen-bond acceptors (Lipinski definition) is 6. The molecule has 0 saturated heterocycles. The van der Waals surface area contributed by atoms with E-state index in [1.165, 1.54) is 29.5 Å². The number of benzene rings is 1. The third-order valence-corrected chi connectivity index (χ3v) is 3.63. The van der Waals surface area contributed by atoms with Crippen molar-refractivity contribution in [3.05, 3.63) is 40.1 Å². The van der Waals surface area contributed by atoms with Gasteiger partial charge in [0.1, 0.15) is 11.6 Å². The van der Waals surface area contributed by atoms with E-state index in [-0.39, 0.29) is 5.75 Å². The van der Waals surface area contributed by atoms with E-state index in [4.69, 9.17) is 9.47 Å². The summed E-state index contributed by atoms with van der Waals surface area (Å²) in [5, 5.41) is 2.86. The monoisotopic (exact) mass is 388 g/mol. The molecule has 1 aromatic carbocycles. The number of halogens is 2. The lowest BCUT2D eigenvalue weighted by Gasteiger charge is -2.06. The van der Waals surface area contributed by atoms with Crippen LogP contribution in [-0.4, -0.2) is 30.1 Å². The van der Waals surface area contributed by atoms with Crippen molar-refractivity contribution < 1.29 is 23.5 Å². The van der Waals surface area contributed by atoms with E-state index < -0.39 is 30.9 Å². The number of thiazole rings is 1. The Labute approximate surface area is 137 Å². The molecule has 0 aliphatic rings. The number of carbonyl (C=O) groups is 2. The van der Waals surface area contributed by atoms with Crippen molar-refractivity contribution in [2.75, 3.05) is 18.5 Å². The molecule has 2 aromatic rings. The molecule has 22 heavy (non-hydrogen) atoms. The molecular formula is C13H10BrFN2O4S. The molecule has 1 N–H and O–H groups in total. The summed E-state index contributed by atoms with van der Waals surface area (Å²) in [4.78, 5) is 26.8. The Bertz CT molecular complexity index is 680. The van der Waals surface area contributed by atoms with E-state index in [2.05, 4.69) is 26.2 Å². The van der Waals surface area contributed by atoms with Crippen LogP contribution in [0.2, 0.25) is 0 Å². The van der Waals surface area contributed by atoms with E-state index in [1.807, 2.05) is 0 Å². The molecule has 0 aliphatic carbocycles. The molecule has 1 aromatic heterocycles. The smallest absolute Gasteiger partial charge is 0.344 e. The maximum absolute atomic E-state index is 12.9. The Morgan fingerprint density at radius 2 is 2.18 bits per heavy atom. The average Bonchev–Trinajstić information content (AvgIpc) is 2.88. The minimum Gasteiger partial charge on any atom is -0.482 e. The first-order valence-corrected chi connectivity index (χ1v) is 7.59.